The topological polar surface area (TPSA) is 43.1 Å². The Bertz CT molecular complexity index is 376. The van der Waals surface area contributed by atoms with Gasteiger partial charge in [-0.15, -0.1) is 5.46 Å². The molecule has 1 aromatic rings. The van der Waals surface area contributed by atoms with Gasteiger partial charge in [-0.05, 0) is 6.07 Å². The third kappa shape index (κ3) is 2.04. The van der Waals surface area contributed by atoms with Gasteiger partial charge in [-0.3, -0.25) is 4.79 Å². The first-order chi connectivity index (χ1) is 6.32. The Labute approximate surface area is 76.8 Å². The summed E-state index contributed by atoms with van der Waals surface area (Å²) in [6.45, 7) is -5.25. The van der Waals surface area contributed by atoms with Gasteiger partial charge in [-0.25, -0.2) is 4.39 Å². The molecule has 0 bridgehead atoms. The molecule has 0 spiro atoms. The van der Waals surface area contributed by atoms with Crippen LogP contribution in [-0.2, 0) is 0 Å². The van der Waals surface area contributed by atoms with Gasteiger partial charge in [0.15, 0.2) is 0 Å². The van der Waals surface area contributed by atoms with Gasteiger partial charge in [0.2, 0.25) is 0 Å². The molecule has 7 heteroatoms. The van der Waals surface area contributed by atoms with Crippen molar-refractivity contribution in [2.75, 3.05) is 0 Å². The van der Waals surface area contributed by atoms with Gasteiger partial charge in [0.05, 0.1) is 5.56 Å². The fourth-order valence-electron chi connectivity index (χ4n) is 0.935. The Morgan fingerprint density at radius 1 is 1.29 bits per heavy atom. The van der Waals surface area contributed by atoms with Crippen molar-refractivity contribution in [2.24, 2.45) is 5.73 Å². The smallest absolute Gasteiger partial charge is 0.445 e. The number of rotatable bonds is 2. The first-order valence-corrected chi connectivity index (χ1v) is 3.61. The van der Waals surface area contributed by atoms with Gasteiger partial charge >= 0.3 is 6.98 Å². The van der Waals surface area contributed by atoms with E-state index >= 15 is 0 Å². The molecule has 2 N–H and O–H groups in total. The maximum Gasteiger partial charge on any atom is 0.509 e. The fraction of sp³-hybridized carbons (Fsp3) is 0. The lowest BCUT2D eigenvalue weighted by Crippen LogP contribution is -2.34. The number of halogens is 4. The number of carbonyl (C=O) groups excluding carboxylic acids is 1. The van der Waals surface area contributed by atoms with E-state index in [9.17, 15) is 22.1 Å². The highest BCUT2D eigenvalue weighted by Crippen LogP contribution is 2.12. The minimum absolute atomic E-state index is 0.264. The molecule has 14 heavy (non-hydrogen) atoms. The molecule has 1 aromatic carbocycles. The van der Waals surface area contributed by atoms with E-state index in [1.807, 2.05) is 0 Å². The van der Waals surface area contributed by atoms with Crippen LogP contribution in [0.25, 0.3) is 0 Å². The van der Waals surface area contributed by atoms with Crippen molar-refractivity contribution in [3.63, 3.8) is 0 Å². The predicted octanol–water partition coefficient (Wildman–Crippen LogP) is 0.979. The minimum Gasteiger partial charge on any atom is -0.445 e. The monoisotopic (exact) mass is 206 g/mol. The standard InChI is InChI=1S/C7H5BF4NO/c9-6-3-4(8(10,11)12)1-2-5(6)7(13)14/h1-3H,(H2,13,14)/q-1. The van der Waals surface area contributed by atoms with Crippen LogP contribution in [0.3, 0.4) is 0 Å². The van der Waals surface area contributed by atoms with Crippen LogP contribution in [0, 0.1) is 5.82 Å². The van der Waals surface area contributed by atoms with E-state index in [0.29, 0.717) is 6.07 Å². The zero-order chi connectivity index (χ0) is 10.9. The van der Waals surface area contributed by atoms with E-state index in [2.05, 4.69) is 0 Å². The summed E-state index contributed by atoms with van der Waals surface area (Å²) in [6, 6.07) is 1.62. The zero-order valence-electron chi connectivity index (χ0n) is 6.81. The molecule has 2 nitrogen and oxygen atoms in total. The summed E-state index contributed by atoms with van der Waals surface area (Å²) in [5, 5.41) is 0. The Morgan fingerprint density at radius 2 is 1.86 bits per heavy atom. The van der Waals surface area contributed by atoms with Crippen LogP contribution in [0.15, 0.2) is 18.2 Å². The van der Waals surface area contributed by atoms with E-state index in [1.54, 1.807) is 0 Å². The summed E-state index contributed by atoms with van der Waals surface area (Å²) >= 11 is 0. The maximum atomic E-state index is 12.8. The quantitative estimate of drug-likeness (QED) is 0.568. The maximum absolute atomic E-state index is 12.8. The number of nitrogens with two attached hydrogens (primary N) is 1. The highest BCUT2D eigenvalue weighted by Gasteiger charge is 2.26. The first kappa shape index (κ1) is 10.6. The van der Waals surface area contributed by atoms with Crippen molar-refractivity contribution in [3.05, 3.63) is 29.6 Å². The second-order valence-electron chi connectivity index (χ2n) is 2.68. The number of primary amides is 1. The van der Waals surface area contributed by atoms with E-state index in [4.69, 9.17) is 5.73 Å². The normalized spacial score (nSPS) is 11.4. The van der Waals surface area contributed by atoms with E-state index in [0.717, 1.165) is 6.07 Å². The van der Waals surface area contributed by atoms with Crippen LogP contribution >= 0.6 is 0 Å². The molecular formula is C7H5BF4NO-. The molecule has 76 valence electrons. The second-order valence-corrected chi connectivity index (χ2v) is 2.68. The van der Waals surface area contributed by atoms with Crippen LogP contribution in [0.5, 0.6) is 0 Å². The Hall–Kier alpha value is -1.53. The molecule has 0 aliphatic heterocycles. The molecule has 0 saturated carbocycles. The summed E-state index contributed by atoms with van der Waals surface area (Å²) in [6.07, 6.45) is 0. The number of hydrogen-bond acceptors (Lipinski definition) is 1. The highest BCUT2D eigenvalue weighted by molar-refractivity contribution is 6.73. The van der Waals surface area contributed by atoms with Crippen molar-refractivity contribution in [3.8, 4) is 0 Å². The van der Waals surface area contributed by atoms with Crippen LogP contribution < -0.4 is 11.2 Å². The van der Waals surface area contributed by atoms with Gasteiger partial charge in [-0.2, -0.15) is 0 Å². The van der Waals surface area contributed by atoms with Gasteiger partial charge in [0.1, 0.15) is 5.82 Å². The molecule has 0 atom stereocenters. The summed E-state index contributed by atoms with van der Waals surface area (Å²) in [4.78, 5) is 10.5. The SMILES string of the molecule is NC(=O)c1ccc([B-](F)(F)F)cc1F. The van der Waals surface area contributed by atoms with Gasteiger partial charge in [-0.1, -0.05) is 12.1 Å². The molecule has 0 aromatic heterocycles. The van der Waals surface area contributed by atoms with E-state index < -0.39 is 29.7 Å². The molecule has 0 fully saturated rings. The van der Waals surface area contributed by atoms with Crippen LogP contribution in [-0.4, -0.2) is 12.9 Å². The highest BCUT2D eigenvalue weighted by atomic mass is 19.4. The fourth-order valence-corrected chi connectivity index (χ4v) is 0.935. The van der Waals surface area contributed by atoms with Gasteiger partial charge in [0, 0.05) is 0 Å². The van der Waals surface area contributed by atoms with Crippen LogP contribution in [0.1, 0.15) is 10.4 Å². The lowest BCUT2D eigenvalue weighted by atomic mass is 9.80. The van der Waals surface area contributed by atoms with Crippen molar-refractivity contribution in [2.45, 2.75) is 0 Å². The summed E-state index contributed by atoms with van der Waals surface area (Å²) in [5.41, 5.74) is 3.08. The summed E-state index contributed by atoms with van der Waals surface area (Å²) < 4.78 is 49.1. The molecule has 0 radical (unpaired) electrons. The molecule has 0 unspecified atom stereocenters. The summed E-state index contributed by atoms with van der Waals surface area (Å²) in [5.74, 6) is -2.35. The average molecular weight is 206 g/mol. The third-order valence-corrected chi connectivity index (χ3v) is 1.64. The Kier molecular flexibility index (Phi) is 2.50. The summed E-state index contributed by atoms with van der Waals surface area (Å²) in [7, 11) is 0. The van der Waals surface area contributed by atoms with Gasteiger partial charge in [0.25, 0.3) is 5.91 Å². The molecule has 1 rings (SSSR count). The molecule has 1 amide bonds. The number of carbonyl (C=O) groups is 1. The number of benzene rings is 1. The lowest BCUT2D eigenvalue weighted by molar-refractivity contribution is 0.0996. The number of hydrogen-bond donors (Lipinski definition) is 1. The van der Waals surface area contributed by atoms with Crippen molar-refractivity contribution < 1.29 is 22.1 Å². The van der Waals surface area contributed by atoms with E-state index in [1.165, 1.54) is 0 Å². The number of amides is 1. The van der Waals surface area contributed by atoms with Crippen molar-refractivity contribution >= 4 is 18.3 Å². The van der Waals surface area contributed by atoms with Crippen molar-refractivity contribution in [1.82, 2.24) is 0 Å². The zero-order valence-corrected chi connectivity index (χ0v) is 6.81. The van der Waals surface area contributed by atoms with Crippen LogP contribution in [0.4, 0.5) is 17.3 Å². The largest absolute Gasteiger partial charge is 0.509 e. The Balaban J connectivity index is 3.20. The molecule has 0 saturated heterocycles. The second kappa shape index (κ2) is 3.32. The van der Waals surface area contributed by atoms with Crippen LogP contribution in [0.2, 0.25) is 0 Å². The molecular weight excluding hydrogens is 201 g/mol. The minimum atomic E-state index is -5.25. The lowest BCUT2D eigenvalue weighted by Gasteiger charge is -2.14. The van der Waals surface area contributed by atoms with Crippen molar-refractivity contribution in [1.29, 1.82) is 0 Å². The Morgan fingerprint density at radius 3 is 2.21 bits per heavy atom. The predicted molar refractivity (Wildman–Crippen MR) is 43.6 cm³/mol. The molecule has 0 heterocycles. The first-order valence-electron chi connectivity index (χ1n) is 3.61. The third-order valence-electron chi connectivity index (χ3n) is 1.64. The molecule has 0 aliphatic rings. The molecule has 0 aliphatic carbocycles. The van der Waals surface area contributed by atoms with E-state index in [-0.39, 0.29) is 6.07 Å². The average Bonchev–Trinajstić information content (AvgIpc) is 2.01. The van der Waals surface area contributed by atoms with Gasteiger partial charge < -0.3 is 18.7 Å².